The second-order valence-electron chi connectivity index (χ2n) is 5.05. The minimum atomic E-state index is -3.12. The van der Waals surface area contributed by atoms with E-state index < -0.39 is 15.9 Å². The Labute approximate surface area is 128 Å². The molecule has 0 spiro atoms. The molecule has 0 bridgehead atoms. The lowest BCUT2D eigenvalue weighted by Crippen LogP contribution is -2.42. The number of anilines is 1. The lowest BCUT2D eigenvalue weighted by atomic mass is 10.1. The monoisotopic (exact) mass is 332 g/mol. The zero-order valence-corrected chi connectivity index (χ0v) is 12.9. The number of halogens is 1. The molecule has 21 heavy (non-hydrogen) atoms. The van der Waals surface area contributed by atoms with Gasteiger partial charge >= 0.3 is 0 Å². The fourth-order valence-electron chi connectivity index (χ4n) is 2.48. The van der Waals surface area contributed by atoms with Crippen molar-refractivity contribution >= 4 is 33.0 Å². The molecule has 0 aliphatic carbocycles. The molecule has 1 saturated heterocycles. The van der Waals surface area contributed by atoms with E-state index in [9.17, 15) is 13.2 Å². The van der Waals surface area contributed by atoms with Gasteiger partial charge in [0.05, 0.1) is 18.1 Å². The first-order chi connectivity index (χ1) is 9.82. The third-order valence-electron chi connectivity index (χ3n) is 3.42. The minimum absolute atomic E-state index is 0.0601. The summed E-state index contributed by atoms with van der Waals surface area (Å²) in [6.07, 6.45) is 0.379. The number of rotatable bonds is 4. The standard InChI is InChI=1S/C13H17ClN2O4S/c14-10-5-9(6-11(15)7-10)13(18)16(2-3-17)12-1-4-21(19,20)8-12/h5-7,12,17H,1-4,8,15H2. The van der Waals surface area contributed by atoms with E-state index in [1.165, 1.54) is 23.1 Å². The van der Waals surface area contributed by atoms with Crippen LogP contribution in [0.1, 0.15) is 16.8 Å². The minimum Gasteiger partial charge on any atom is -0.399 e. The van der Waals surface area contributed by atoms with Gasteiger partial charge in [0, 0.05) is 28.9 Å². The number of sulfone groups is 1. The number of nitrogen functional groups attached to an aromatic ring is 1. The van der Waals surface area contributed by atoms with Crippen LogP contribution in [0.3, 0.4) is 0 Å². The van der Waals surface area contributed by atoms with Crippen LogP contribution in [-0.4, -0.2) is 55.0 Å². The van der Waals surface area contributed by atoms with E-state index >= 15 is 0 Å². The molecule has 2 rings (SSSR count). The summed E-state index contributed by atoms with van der Waals surface area (Å²) in [4.78, 5) is 13.9. The molecule has 3 N–H and O–H groups in total. The highest BCUT2D eigenvalue weighted by molar-refractivity contribution is 7.91. The third kappa shape index (κ3) is 3.87. The van der Waals surface area contributed by atoms with Crippen molar-refractivity contribution < 1.29 is 18.3 Å². The van der Waals surface area contributed by atoms with Crippen LogP contribution < -0.4 is 5.73 Å². The Morgan fingerprint density at radius 2 is 2.14 bits per heavy atom. The second kappa shape index (κ2) is 6.21. The highest BCUT2D eigenvalue weighted by Crippen LogP contribution is 2.22. The number of nitrogens with two attached hydrogens (primary N) is 1. The normalized spacial score (nSPS) is 20.4. The molecule has 0 aromatic heterocycles. The molecule has 1 aliphatic heterocycles. The van der Waals surface area contributed by atoms with Crippen molar-refractivity contribution in [2.75, 3.05) is 30.4 Å². The van der Waals surface area contributed by atoms with Crippen molar-refractivity contribution in [1.29, 1.82) is 0 Å². The molecule has 1 aromatic carbocycles. The molecule has 6 nitrogen and oxygen atoms in total. The van der Waals surface area contributed by atoms with Gasteiger partial charge in [-0.3, -0.25) is 4.79 Å². The van der Waals surface area contributed by atoms with Gasteiger partial charge in [-0.25, -0.2) is 8.42 Å². The van der Waals surface area contributed by atoms with Gasteiger partial charge in [-0.15, -0.1) is 0 Å². The van der Waals surface area contributed by atoms with E-state index in [1.54, 1.807) is 0 Å². The molecule has 1 atom stereocenters. The molecular formula is C13H17ClN2O4S. The van der Waals surface area contributed by atoms with Crippen molar-refractivity contribution in [2.45, 2.75) is 12.5 Å². The van der Waals surface area contributed by atoms with Gasteiger partial charge in [0.1, 0.15) is 0 Å². The number of carbonyl (C=O) groups is 1. The maximum Gasteiger partial charge on any atom is 0.254 e. The number of carbonyl (C=O) groups excluding carboxylic acids is 1. The Morgan fingerprint density at radius 3 is 2.67 bits per heavy atom. The van der Waals surface area contributed by atoms with E-state index in [-0.39, 0.29) is 36.1 Å². The van der Waals surface area contributed by atoms with E-state index in [4.69, 9.17) is 22.4 Å². The summed E-state index contributed by atoms with van der Waals surface area (Å²) in [6, 6.07) is 4.07. The molecule has 1 aromatic rings. The summed E-state index contributed by atoms with van der Waals surface area (Å²) < 4.78 is 23.2. The first kappa shape index (κ1) is 16.1. The number of amides is 1. The van der Waals surface area contributed by atoms with Crippen molar-refractivity contribution in [2.24, 2.45) is 0 Å². The predicted octanol–water partition coefficient (Wildman–Crippen LogP) is 0.544. The average Bonchev–Trinajstić information content (AvgIpc) is 2.74. The Hall–Kier alpha value is -1.31. The molecule has 1 heterocycles. The SMILES string of the molecule is Nc1cc(Cl)cc(C(=O)N(CCO)C2CCS(=O)(=O)C2)c1. The van der Waals surface area contributed by atoms with E-state index in [1.807, 2.05) is 0 Å². The van der Waals surface area contributed by atoms with Crippen LogP contribution in [0.5, 0.6) is 0 Å². The third-order valence-corrected chi connectivity index (χ3v) is 5.39. The summed E-state index contributed by atoms with van der Waals surface area (Å²) in [7, 11) is -3.12. The Balaban J connectivity index is 2.27. The maximum absolute atomic E-state index is 12.5. The summed E-state index contributed by atoms with van der Waals surface area (Å²) in [5.41, 5.74) is 6.31. The Kier molecular flexibility index (Phi) is 4.75. The number of hydrogen-bond acceptors (Lipinski definition) is 5. The zero-order chi connectivity index (χ0) is 15.6. The molecule has 1 unspecified atom stereocenters. The summed E-state index contributed by atoms with van der Waals surface area (Å²) in [5, 5.41) is 9.47. The maximum atomic E-state index is 12.5. The molecule has 1 amide bonds. The lowest BCUT2D eigenvalue weighted by Gasteiger charge is -2.27. The molecular weight excluding hydrogens is 316 g/mol. The molecule has 0 saturated carbocycles. The summed E-state index contributed by atoms with van der Waals surface area (Å²) in [6.45, 7) is -0.163. The Bertz CT molecular complexity index is 627. The second-order valence-corrected chi connectivity index (χ2v) is 7.72. The predicted molar refractivity (Wildman–Crippen MR) is 81.0 cm³/mol. The quantitative estimate of drug-likeness (QED) is 0.784. The van der Waals surface area contributed by atoms with E-state index in [0.29, 0.717) is 17.1 Å². The van der Waals surface area contributed by atoms with Crippen LogP contribution in [0.2, 0.25) is 5.02 Å². The number of nitrogens with zero attached hydrogens (tertiary/aromatic N) is 1. The van der Waals surface area contributed by atoms with Crippen LogP contribution in [0.15, 0.2) is 18.2 Å². The van der Waals surface area contributed by atoms with Crippen molar-refractivity contribution in [3.05, 3.63) is 28.8 Å². The first-order valence-electron chi connectivity index (χ1n) is 6.51. The van der Waals surface area contributed by atoms with Crippen molar-refractivity contribution in [3.8, 4) is 0 Å². The van der Waals surface area contributed by atoms with Gasteiger partial charge in [-0.2, -0.15) is 0 Å². The lowest BCUT2D eigenvalue weighted by molar-refractivity contribution is 0.0655. The van der Waals surface area contributed by atoms with Crippen LogP contribution in [0.4, 0.5) is 5.69 Å². The van der Waals surface area contributed by atoms with Crippen LogP contribution in [-0.2, 0) is 9.84 Å². The molecule has 1 aliphatic rings. The largest absolute Gasteiger partial charge is 0.399 e. The first-order valence-corrected chi connectivity index (χ1v) is 8.70. The van der Waals surface area contributed by atoms with Gasteiger partial charge in [-0.05, 0) is 24.6 Å². The summed E-state index contributed by atoms with van der Waals surface area (Å²) >= 11 is 5.88. The molecule has 0 radical (unpaired) electrons. The van der Waals surface area contributed by atoms with Crippen LogP contribution in [0, 0.1) is 0 Å². The molecule has 116 valence electrons. The van der Waals surface area contributed by atoms with Crippen molar-refractivity contribution in [3.63, 3.8) is 0 Å². The van der Waals surface area contributed by atoms with Gasteiger partial charge in [0.15, 0.2) is 9.84 Å². The molecule has 8 heteroatoms. The fourth-order valence-corrected chi connectivity index (χ4v) is 4.45. The van der Waals surface area contributed by atoms with Crippen molar-refractivity contribution in [1.82, 2.24) is 4.90 Å². The van der Waals surface area contributed by atoms with Gasteiger partial charge in [0.25, 0.3) is 5.91 Å². The van der Waals surface area contributed by atoms with E-state index in [0.717, 1.165) is 0 Å². The Morgan fingerprint density at radius 1 is 1.43 bits per heavy atom. The van der Waals surface area contributed by atoms with Gasteiger partial charge in [0.2, 0.25) is 0 Å². The average molecular weight is 333 g/mol. The number of aliphatic hydroxyl groups excluding tert-OH is 1. The number of hydrogen-bond donors (Lipinski definition) is 2. The highest BCUT2D eigenvalue weighted by atomic mass is 35.5. The highest BCUT2D eigenvalue weighted by Gasteiger charge is 2.34. The number of benzene rings is 1. The van der Waals surface area contributed by atoms with Crippen LogP contribution in [0.25, 0.3) is 0 Å². The summed E-state index contributed by atoms with van der Waals surface area (Å²) in [5.74, 6) is -0.389. The van der Waals surface area contributed by atoms with E-state index in [2.05, 4.69) is 0 Å². The fraction of sp³-hybridized carbons (Fsp3) is 0.462. The van der Waals surface area contributed by atoms with Gasteiger partial charge in [-0.1, -0.05) is 11.6 Å². The number of aliphatic hydroxyl groups is 1. The molecule has 1 fully saturated rings. The topological polar surface area (TPSA) is 101 Å². The zero-order valence-electron chi connectivity index (χ0n) is 11.3. The van der Waals surface area contributed by atoms with Crippen LogP contribution >= 0.6 is 11.6 Å². The smallest absolute Gasteiger partial charge is 0.254 e. The van der Waals surface area contributed by atoms with Gasteiger partial charge < -0.3 is 15.7 Å².